The molecule has 1 aliphatic rings. The summed E-state index contributed by atoms with van der Waals surface area (Å²) in [6, 6.07) is 20.6. The van der Waals surface area contributed by atoms with Crippen LogP contribution in [0.4, 0.5) is 0 Å². The van der Waals surface area contributed by atoms with Crippen molar-refractivity contribution < 1.29 is 4.79 Å². The minimum absolute atomic E-state index is 0.0112. The third kappa shape index (κ3) is 3.93. The van der Waals surface area contributed by atoms with Gasteiger partial charge in [-0.2, -0.15) is 0 Å². The summed E-state index contributed by atoms with van der Waals surface area (Å²) in [7, 11) is 0. The van der Waals surface area contributed by atoms with Gasteiger partial charge >= 0.3 is 0 Å². The van der Waals surface area contributed by atoms with Gasteiger partial charge in [-0.15, -0.1) is 0 Å². The Labute approximate surface area is 159 Å². The second-order valence-electron chi connectivity index (χ2n) is 6.86. The number of hydrogen-bond donors (Lipinski definition) is 3. The number of imidazole rings is 1. The number of H-pyrrole nitrogens is 1. The fraction of sp³-hybridized carbons (Fsp3) is 0.273. The number of benzene rings is 2. The quantitative estimate of drug-likeness (QED) is 0.633. The maximum atomic E-state index is 12.7. The summed E-state index contributed by atoms with van der Waals surface area (Å²) in [6.07, 6.45) is 3.39. The maximum absolute atomic E-state index is 12.7. The molecule has 138 valence electrons. The van der Waals surface area contributed by atoms with E-state index in [1.54, 1.807) is 6.33 Å². The molecule has 3 N–H and O–H groups in total. The molecule has 1 atom stereocenters. The number of carbonyl (C=O) groups excluding carboxylic acids is 1. The monoisotopic (exact) mass is 360 g/mol. The van der Waals surface area contributed by atoms with E-state index in [0.29, 0.717) is 6.54 Å². The van der Waals surface area contributed by atoms with Crippen LogP contribution in [0.3, 0.4) is 0 Å². The van der Waals surface area contributed by atoms with E-state index < -0.39 is 0 Å². The van der Waals surface area contributed by atoms with Crippen LogP contribution in [0.1, 0.15) is 40.9 Å². The van der Waals surface area contributed by atoms with E-state index in [1.165, 1.54) is 11.1 Å². The van der Waals surface area contributed by atoms with E-state index in [2.05, 4.69) is 69.1 Å². The number of aromatic nitrogens is 2. The molecule has 1 aliphatic heterocycles. The fourth-order valence-corrected chi connectivity index (χ4v) is 3.77. The van der Waals surface area contributed by atoms with Crippen LogP contribution in [0.2, 0.25) is 0 Å². The summed E-state index contributed by atoms with van der Waals surface area (Å²) in [5, 5.41) is 6.37. The van der Waals surface area contributed by atoms with Gasteiger partial charge < -0.3 is 15.6 Å². The first kappa shape index (κ1) is 17.5. The van der Waals surface area contributed by atoms with Gasteiger partial charge in [-0.1, -0.05) is 60.7 Å². The fourth-order valence-electron chi connectivity index (χ4n) is 3.77. The zero-order valence-electron chi connectivity index (χ0n) is 15.2. The van der Waals surface area contributed by atoms with E-state index in [-0.39, 0.29) is 17.9 Å². The zero-order chi connectivity index (χ0) is 18.5. The number of amides is 1. The molecular formula is C22H24N4O. The average Bonchev–Trinajstić information content (AvgIpc) is 3.21. The Morgan fingerprint density at radius 2 is 1.74 bits per heavy atom. The van der Waals surface area contributed by atoms with Crippen LogP contribution in [0, 0.1) is 0 Å². The van der Waals surface area contributed by atoms with Crippen molar-refractivity contribution in [1.82, 2.24) is 20.6 Å². The first-order valence-corrected chi connectivity index (χ1v) is 9.46. The van der Waals surface area contributed by atoms with E-state index in [4.69, 9.17) is 0 Å². The molecule has 4 rings (SSSR count). The lowest BCUT2D eigenvalue weighted by atomic mass is 9.88. The molecule has 0 saturated carbocycles. The second-order valence-corrected chi connectivity index (χ2v) is 6.86. The minimum atomic E-state index is -0.369. The predicted molar refractivity (Wildman–Crippen MR) is 105 cm³/mol. The molecule has 0 saturated heterocycles. The molecule has 0 unspecified atom stereocenters. The Morgan fingerprint density at radius 3 is 2.41 bits per heavy atom. The van der Waals surface area contributed by atoms with Gasteiger partial charge in [0.05, 0.1) is 12.0 Å². The smallest absolute Gasteiger partial charge is 0.243 e. The standard InChI is InChI=1S/C22H24N4O/c27-22(21-20-19(12-14-23-21)25-15-26-20)24-13-11-18(16-7-3-1-4-8-16)17-9-5-2-6-10-17/h1-10,15,18,21,23H,11-14H2,(H,24,27)(H,25,26)/t21-/m0/s1. The summed E-state index contributed by atoms with van der Waals surface area (Å²) in [5.74, 6) is 0.246. The lowest BCUT2D eigenvalue weighted by Crippen LogP contribution is -2.42. The molecule has 1 aromatic heterocycles. The summed E-state index contributed by atoms with van der Waals surface area (Å²) in [6.45, 7) is 1.40. The van der Waals surface area contributed by atoms with Crippen molar-refractivity contribution in [1.29, 1.82) is 0 Å². The molecule has 1 amide bonds. The largest absolute Gasteiger partial charge is 0.354 e. The van der Waals surface area contributed by atoms with Crippen molar-refractivity contribution in [3.05, 3.63) is 89.5 Å². The normalized spacial score (nSPS) is 16.1. The van der Waals surface area contributed by atoms with E-state index >= 15 is 0 Å². The average molecular weight is 360 g/mol. The maximum Gasteiger partial charge on any atom is 0.243 e. The summed E-state index contributed by atoms with van der Waals surface area (Å²) >= 11 is 0. The Balaban J connectivity index is 1.43. The zero-order valence-corrected chi connectivity index (χ0v) is 15.2. The number of nitrogens with one attached hydrogen (secondary N) is 3. The molecule has 5 nitrogen and oxygen atoms in total. The Bertz CT molecular complexity index is 836. The molecule has 0 spiro atoms. The number of nitrogens with zero attached hydrogens (tertiary/aromatic N) is 1. The second kappa shape index (κ2) is 8.18. The first-order chi connectivity index (χ1) is 13.3. The SMILES string of the molecule is O=C(NCCC(c1ccccc1)c1ccccc1)[C@H]1NCCc2[nH]cnc21. The first-order valence-electron chi connectivity index (χ1n) is 9.46. The van der Waals surface area contributed by atoms with Gasteiger partial charge in [0.2, 0.25) is 5.91 Å². The van der Waals surface area contributed by atoms with Crippen LogP contribution in [0.5, 0.6) is 0 Å². The number of carbonyl (C=O) groups is 1. The van der Waals surface area contributed by atoms with Crippen LogP contribution in [0.25, 0.3) is 0 Å². The molecular weight excluding hydrogens is 336 g/mol. The van der Waals surface area contributed by atoms with Crippen molar-refractivity contribution >= 4 is 5.91 Å². The molecule has 0 bridgehead atoms. The summed E-state index contributed by atoms with van der Waals surface area (Å²) in [4.78, 5) is 20.1. The Morgan fingerprint density at radius 1 is 1.07 bits per heavy atom. The number of fused-ring (bicyclic) bond motifs is 1. The minimum Gasteiger partial charge on any atom is -0.354 e. The lowest BCUT2D eigenvalue weighted by Gasteiger charge is -2.23. The van der Waals surface area contributed by atoms with Crippen molar-refractivity contribution in [3.8, 4) is 0 Å². The molecule has 0 radical (unpaired) electrons. The van der Waals surface area contributed by atoms with Crippen molar-refractivity contribution in [3.63, 3.8) is 0 Å². The van der Waals surface area contributed by atoms with Crippen molar-refractivity contribution in [2.75, 3.05) is 13.1 Å². The molecule has 27 heavy (non-hydrogen) atoms. The third-order valence-electron chi connectivity index (χ3n) is 5.15. The highest BCUT2D eigenvalue weighted by Gasteiger charge is 2.28. The van der Waals surface area contributed by atoms with Gasteiger partial charge in [0.15, 0.2) is 0 Å². The molecule has 2 heterocycles. The van der Waals surface area contributed by atoms with Crippen LogP contribution < -0.4 is 10.6 Å². The van der Waals surface area contributed by atoms with Gasteiger partial charge in [-0.25, -0.2) is 4.98 Å². The van der Waals surface area contributed by atoms with Gasteiger partial charge in [0.1, 0.15) is 6.04 Å². The van der Waals surface area contributed by atoms with E-state index in [1.807, 2.05) is 12.1 Å². The highest BCUT2D eigenvalue weighted by Crippen LogP contribution is 2.27. The number of aromatic amines is 1. The van der Waals surface area contributed by atoms with Crippen LogP contribution in [-0.4, -0.2) is 29.0 Å². The Kier molecular flexibility index (Phi) is 5.30. The molecule has 3 aromatic rings. The molecule has 5 heteroatoms. The molecule has 0 fully saturated rings. The van der Waals surface area contributed by atoms with Crippen molar-refractivity contribution in [2.45, 2.75) is 24.8 Å². The van der Waals surface area contributed by atoms with Gasteiger partial charge in [-0.05, 0) is 17.5 Å². The van der Waals surface area contributed by atoms with E-state index in [9.17, 15) is 4.79 Å². The number of rotatable bonds is 6. The van der Waals surface area contributed by atoms with E-state index in [0.717, 1.165) is 30.8 Å². The summed E-state index contributed by atoms with van der Waals surface area (Å²) < 4.78 is 0. The van der Waals surface area contributed by atoms with Gasteiger partial charge in [-0.3, -0.25) is 4.79 Å². The summed E-state index contributed by atoms with van der Waals surface area (Å²) in [5.41, 5.74) is 4.41. The van der Waals surface area contributed by atoms with Crippen LogP contribution >= 0.6 is 0 Å². The topological polar surface area (TPSA) is 69.8 Å². The van der Waals surface area contributed by atoms with Gasteiger partial charge in [0, 0.05) is 31.1 Å². The third-order valence-corrected chi connectivity index (χ3v) is 5.15. The molecule has 2 aromatic carbocycles. The lowest BCUT2D eigenvalue weighted by molar-refractivity contribution is -0.123. The number of hydrogen-bond acceptors (Lipinski definition) is 3. The Hall–Kier alpha value is -2.92. The molecule has 0 aliphatic carbocycles. The van der Waals surface area contributed by atoms with Crippen molar-refractivity contribution in [2.24, 2.45) is 0 Å². The van der Waals surface area contributed by atoms with Crippen LogP contribution in [-0.2, 0) is 11.2 Å². The van der Waals surface area contributed by atoms with Crippen LogP contribution in [0.15, 0.2) is 67.0 Å². The highest BCUT2D eigenvalue weighted by molar-refractivity contribution is 5.83. The predicted octanol–water partition coefficient (Wildman–Crippen LogP) is 2.93. The van der Waals surface area contributed by atoms with Gasteiger partial charge in [0.25, 0.3) is 0 Å². The highest BCUT2D eigenvalue weighted by atomic mass is 16.2.